The fourth-order valence-electron chi connectivity index (χ4n) is 4.46. The van der Waals surface area contributed by atoms with Crippen LogP contribution in [0.4, 0.5) is 5.69 Å². The lowest BCUT2D eigenvalue weighted by Gasteiger charge is -2.29. The van der Waals surface area contributed by atoms with Gasteiger partial charge in [0.05, 0.1) is 23.0 Å². The first kappa shape index (κ1) is 24.1. The molecule has 0 aromatic carbocycles. The molecular formula is C25H30N8O2. The van der Waals surface area contributed by atoms with Crippen LogP contribution in [-0.4, -0.2) is 50.7 Å². The number of pyridine rings is 2. The third-order valence-corrected chi connectivity index (χ3v) is 6.27. The largest absolute Gasteiger partial charge is 0.382 e. The first-order valence-corrected chi connectivity index (χ1v) is 11.9. The number of anilines is 1. The monoisotopic (exact) mass is 474 g/mol. The molecule has 0 atom stereocenters. The Morgan fingerprint density at radius 2 is 1.91 bits per heavy atom. The van der Waals surface area contributed by atoms with Gasteiger partial charge in [-0.2, -0.15) is 15.0 Å². The number of hydrogen-bond acceptors (Lipinski definition) is 7. The van der Waals surface area contributed by atoms with Gasteiger partial charge in [0.1, 0.15) is 6.07 Å². The first-order valence-electron chi connectivity index (χ1n) is 11.9. The second-order valence-electron chi connectivity index (χ2n) is 9.26. The van der Waals surface area contributed by atoms with Crippen LogP contribution in [0.15, 0.2) is 30.7 Å². The van der Waals surface area contributed by atoms with Gasteiger partial charge in [-0.25, -0.2) is 9.97 Å². The second-order valence-corrected chi connectivity index (χ2v) is 9.26. The van der Waals surface area contributed by atoms with E-state index in [0.717, 1.165) is 31.1 Å². The van der Waals surface area contributed by atoms with E-state index >= 15 is 0 Å². The maximum Gasteiger partial charge on any atom is 0.255 e. The highest BCUT2D eigenvalue weighted by Crippen LogP contribution is 2.28. The zero-order chi connectivity index (χ0) is 24.9. The van der Waals surface area contributed by atoms with E-state index in [-0.39, 0.29) is 23.9 Å². The van der Waals surface area contributed by atoms with Gasteiger partial charge in [0.15, 0.2) is 11.5 Å². The number of hydrogen-bond donors (Lipinski definition) is 3. The molecule has 3 aromatic heterocycles. The maximum absolute atomic E-state index is 13.2. The molecule has 0 unspecified atom stereocenters. The molecule has 1 fully saturated rings. The average molecular weight is 475 g/mol. The van der Waals surface area contributed by atoms with Gasteiger partial charge in [-0.3, -0.25) is 9.59 Å². The van der Waals surface area contributed by atoms with Crippen LogP contribution in [0.5, 0.6) is 0 Å². The molecule has 1 aliphatic carbocycles. The summed E-state index contributed by atoms with van der Waals surface area (Å²) in [5, 5.41) is 23.4. The minimum Gasteiger partial charge on any atom is -0.382 e. The number of nitrogens with one attached hydrogen (secondary N) is 3. The lowest BCUT2D eigenvalue weighted by atomic mass is 9.84. The van der Waals surface area contributed by atoms with E-state index in [0.29, 0.717) is 40.6 Å². The number of aromatic nitrogens is 4. The number of nitriles is 1. The van der Waals surface area contributed by atoms with Crippen molar-refractivity contribution in [3.63, 3.8) is 0 Å². The van der Waals surface area contributed by atoms with Crippen LogP contribution >= 0.6 is 0 Å². The standard InChI is InChI=1S/C25H30N8O2/c1-15(2)31-21-10-22(33-24-18(13-30-33)8-17(11-26)12-29-24)28-14-20(21)25(35)32-19-6-4-16(5-7-19)9-23(34)27-3/h8,10,12-16,19H,4-7,9H2,1-3H3,(H,27,34)(H,28,31)(H,32,35)/t16-,19-. The third kappa shape index (κ3) is 5.57. The summed E-state index contributed by atoms with van der Waals surface area (Å²) >= 11 is 0. The van der Waals surface area contributed by atoms with Gasteiger partial charge in [-0.05, 0) is 51.5 Å². The summed E-state index contributed by atoms with van der Waals surface area (Å²) in [5.41, 5.74) is 2.17. The minimum atomic E-state index is -0.177. The lowest BCUT2D eigenvalue weighted by molar-refractivity contribution is -0.121. The van der Waals surface area contributed by atoms with Crippen LogP contribution in [0.1, 0.15) is 61.9 Å². The average Bonchev–Trinajstić information content (AvgIpc) is 3.27. The van der Waals surface area contributed by atoms with Gasteiger partial charge >= 0.3 is 0 Å². The third-order valence-electron chi connectivity index (χ3n) is 6.27. The molecule has 35 heavy (non-hydrogen) atoms. The Kier molecular flexibility index (Phi) is 7.25. The molecule has 10 heteroatoms. The minimum absolute atomic E-state index is 0.0683. The summed E-state index contributed by atoms with van der Waals surface area (Å²) in [6.45, 7) is 4.01. The quantitative estimate of drug-likeness (QED) is 0.479. The van der Waals surface area contributed by atoms with Crippen LogP contribution in [0.25, 0.3) is 16.9 Å². The Morgan fingerprint density at radius 1 is 1.14 bits per heavy atom. The summed E-state index contributed by atoms with van der Waals surface area (Å²) in [6, 6.07) is 5.77. The zero-order valence-corrected chi connectivity index (χ0v) is 20.2. The first-order chi connectivity index (χ1) is 16.9. The zero-order valence-electron chi connectivity index (χ0n) is 20.2. The van der Waals surface area contributed by atoms with E-state index in [1.807, 2.05) is 13.8 Å². The van der Waals surface area contributed by atoms with E-state index in [4.69, 9.17) is 5.26 Å². The number of rotatable bonds is 7. The Bertz CT molecular complexity index is 1270. The molecule has 1 aliphatic rings. The summed E-state index contributed by atoms with van der Waals surface area (Å²) < 4.78 is 1.59. The molecule has 0 saturated heterocycles. The van der Waals surface area contributed by atoms with Gasteiger partial charge in [0.2, 0.25) is 5.91 Å². The molecule has 0 radical (unpaired) electrons. The molecule has 3 N–H and O–H groups in total. The predicted molar refractivity (Wildman–Crippen MR) is 132 cm³/mol. The molecule has 3 heterocycles. The van der Waals surface area contributed by atoms with Gasteiger partial charge in [0.25, 0.3) is 5.91 Å². The molecule has 0 aliphatic heterocycles. The molecule has 10 nitrogen and oxygen atoms in total. The molecule has 3 aromatic rings. The van der Waals surface area contributed by atoms with Crippen LogP contribution in [-0.2, 0) is 4.79 Å². The molecule has 1 saturated carbocycles. The molecule has 4 rings (SSSR count). The summed E-state index contributed by atoms with van der Waals surface area (Å²) in [5.74, 6) is 0.776. The number of carbonyl (C=O) groups excluding carboxylic acids is 2. The van der Waals surface area contributed by atoms with Crippen molar-refractivity contribution in [3.8, 4) is 11.9 Å². The van der Waals surface area contributed by atoms with Crippen LogP contribution in [0, 0.1) is 17.2 Å². The highest BCUT2D eigenvalue weighted by molar-refractivity contribution is 5.99. The Balaban J connectivity index is 1.52. The number of fused-ring (bicyclic) bond motifs is 1. The molecule has 0 spiro atoms. The summed E-state index contributed by atoms with van der Waals surface area (Å²) in [7, 11) is 1.66. The SMILES string of the molecule is CNC(=O)C[C@H]1CC[C@H](NC(=O)c2cnc(-n3ncc4cc(C#N)cnc43)cc2NC(C)C)CC1. The van der Waals surface area contributed by atoms with Crippen molar-refractivity contribution in [2.24, 2.45) is 5.92 Å². The van der Waals surface area contributed by atoms with Crippen molar-refractivity contribution in [2.45, 2.75) is 58.0 Å². The van der Waals surface area contributed by atoms with E-state index < -0.39 is 0 Å². The Morgan fingerprint density at radius 3 is 2.60 bits per heavy atom. The number of amides is 2. The predicted octanol–water partition coefficient (Wildman–Crippen LogP) is 2.93. The highest BCUT2D eigenvalue weighted by Gasteiger charge is 2.25. The van der Waals surface area contributed by atoms with Crippen molar-refractivity contribution in [3.05, 3.63) is 41.9 Å². The fourth-order valence-corrected chi connectivity index (χ4v) is 4.46. The van der Waals surface area contributed by atoms with E-state index in [1.165, 1.54) is 6.20 Å². The maximum atomic E-state index is 13.2. The number of nitrogens with zero attached hydrogens (tertiary/aromatic N) is 5. The Hall–Kier alpha value is -4.00. The second kappa shape index (κ2) is 10.5. The number of carbonyl (C=O) groups is 2. The van der Waals surface area contributed by atoms with E-state index in [1.54, 1.807) is 36.3 Å². The molecule has 0 bridgehead atoms. The highest BCUT2D eigenvalue weighted by atomic mass is 16.2. The molecule has 2 amide bonds. The normalized spacial score (nSPS) is 17.7. The molecule has 182 valence electrons. The Labute approximate surface area is 204 Å². The smallest absolute Gasteiger partial charge is 0.255 e. The van der Waals surface area contributed by atoms with Crippen LogP contribution in [0.3, 0.4) is 0 Å². The topological polar surface area (TPSA) is 138 Å². The lowest BCUT2D eigenvalue weighted by Crippen LogP contribution is -2.38. The van der Waals surface area contributed by atoms with Crippen molar-refractivity contribution >= 4 is 28.5 Å². The van der Waals surface area contributed by atoms with Crippen molar-refractivity contribution < 1.29 is 9.59 Å². The van der Waals surface area contributed by atoms with Crippen molar-refractivity contribution in [2.75, 3.05) is 12.4 Å². The summed E-state index contributed by atoms with van der Waals surface area (Å²) in [4.78, 5) is 33.7. The van der Waals surface area contributed by atoms with Crippen LogP contribution < -0.4 is 16.0 Å². The van der Waals surface area contributed by atoms with Gasteiger partial charge in [-0.15, -0.1) is 0 Å². The van der Waals surface area contributed by atoms with Crippen molar-refractivity contribution in [1.29, 1.82) is 5.26 Å². The van der Waals surface area contributed by atoms with Gasteiger partial charge in [0, 0.05) is 49.4 Å². The van der Waals surface area contributed by atoms with E-state index in [9.17, 15) is 9.59 Å². The summed E-state index contributed by atoms with van der Waals surface area (Å²) in [6.07, 6.45) is 8.77. The van der Waals surface area contributed by atoms with Gasteiger partial charge < -0.3 is 16.0 Å². The van der Waals surface area contributed by atoms with Crippen LogP contribution in [0.2, 0.25) is 0 Å². The fraction of sp³-hybridized carbons (Fsp3) is 0.440. The van der Waals surface area contributed by atoms with E-state index in [2.05, 4.69) is 37.1 Å². The van der Waals surface area contributed by atoms with Gasteiger partial charge in [-0.1, -0.05) is 0 Å². The van der Waals surface area contributed by atoms with Crippen molar-refractivity contribution in [1.82, 2.24) is 30.4 Å². The molecular weight excluding hydrogens is 444 g/mol.